The Labute approximate surface area is 328 Å². The minimum atomic E-state index is -8.68. The number of nitrogens with zero attached hydrogens (tertiary/aromatic N) is 2. The van der Waals surface area contributed by atoms with Crippen molar-refractivity contribution < 1.29 is 133 Å². The summed E-state index contributed by atoms with van der Waals surface area (Å²) >= 11 is 0. The van der Waals surface area contributed by atoms with Crippen LogP contribution in [0.15, 0.2) is 36.7 Å². The van der Waals surface area contributed by atoms with Gasteiger partial charge in [0.05, 0.1) is 0 Å². The van der Waals surface area contributed by atoms with Gasteiger partial charge < -0.3 is 4.74 Å². The normalized spacial score (nSPS) is 15.8. The fourth-order valence-corrected chi connectivity index (χ4v) is 4.22. The molecule has 62 heavy (non-hydrogen) atoms. The third-order valence-corrected chi connectivity index (χ3v) is 7.46. The van der Waals surface area contributed by atoms with Crippen LogP contribution in [0.4, 0.5) is 110 Å². The second kappa shape index (κ2) is 18.0. The van der Waals surface area contributed by atoms with Crippen molar-refractivity contribution in [3.05, 3.63) is 42.2 Å². The predicted molar refractivity (Wildman–Crippen MR) is 150 cm³/mol. The largest absolute Gasteiger partial charge is 0.527 e. The number of hydrogen-bond donors (Lipinski definition) is 0. The van der Waals surface area contributed by atoms with Crippen LogP contribution in [-0.4, -0.2) is 89.4 Å². The van der Waals surface area contributed by atoms with Crippen LogP contribution in [0.25, 0.3) is 11.4 Å². The first-order valence-corrected chi connectivity index (χ1v) is 16.1. The van der Waals surface area contributed by atoms with E-state index >= 15 is 0 Å². The van der Waals surface area contributed by atoms with Crippen LogP contribution in [-0.2, 0) is 25.4 Å². The molecule has 0 saturated heterocycles. The predicted octanol–water partition coefficient (Wildman–Crippen LogP) is 12.3. The smallest absolute Gasteiger partial charge is 0.487 e. The van der Waals surface area contributed by atoms with Crippen molar-refractivity contribution in [2.24, 2.45) is 0 Å². The zero-order valence-electron chi connectivity index (χ0n) is 29.8. The molecule has 0 aliphatic rings. The summed E-state index contributed by atoms with van der Waals surface area (Å²) in [5.74, 6) is -33.0. The number of alkyl halides is 25. The standard InChI is InChI=1S/C30H23F25N2O5/c1-2-3-4-5-6-7-15-12-56-18(57-13-15)16-8-10-17(11-9-16)58-14-19(31,32)20(33,34)21(35,36)22(37,38)24(42,43)59-26(46,47)27(48,49)60-28(50,51)29(52,62-30(53,54)55)61-25(44,45)23(39,40)41/h8-13H,2-7,14H2,1H3. The molecule has 7 nitrogen and oxygen atoms in total. The fourth-order valence-electron chi connectivity index (χ4n) is 4.22. The minimum absolute atomic E-state index is 0.0395. The summed E-state index contributed by atoms with van der Waals surface area (Å²) in [5, 5.41) is 0. The molecule has 0 amide bonds. The monoisotopic (exact) mass is 966 g/mol. The molecule has 1 unspecified atom stereocenters. The van der Waals surface area contributed by atoms with E-state index in [0.29, 0.717) is 24.1 Å². The topological polar surface area (TPSA) is 71.9 Å². The minimum Gasteiger partial charge on any atom is -0.487 e. The van der Waals surface area contributed by atoms with Gasteiger partial charge in [0.1, 0.15) is 5.75 Å². The van der Waals surface area contributed by atoms with E-state index in [-0.39, 0.29) is 11.4 Å². The number of benzene rings is 1. The van der Waals surface area contributed by atoms with Crippen molar-refractivity contribution in [3.63, 3.8) is 0 Å². The summed E-state index contributed by atoms with van der Waals surface area (Å²) < 4.78 is 348. The molecule has 0 N–H and O–H groups in total. The zero-order valence-corrected chi connectivity index (χ0v) is 29.8. The lowest BCUT2D eigenvalue weighted by Crippen LogP contribution is -2.70. The lowest BCUT2D eigenvalue weighted by Gasteiger charge is -2.40. The third kappa shape index (κ3) is 11.8. The maximum Gasteiger partial charge on any atom is 0.527 e. The molecule has 1 aromatic heterocycles. The van der Waals surface area contributed by atoms with E-state index in [1.165, 1.54) is 31.3 Å². The lowest BCUT2D eigenvalue weighted by atomic mass is 9.98. The third-order valence-electron chi connectivity index (χ3n) is 7.46. The summed E-state index contributed by atoms with van der Waals surface area (Å²) in [5.41, 5.74) is 0.755. The molecule has 358 valence electrons. The van der Waals surface area contributed by atoms with Gasteiger partial charge in [-0.1, -0.05) is 32.6 Å². The van der Waals surface area contributed by atoms with Crippen molar-refractivity contribution in [1.29, 1.82) is 0 Å². The number of hydrogen-bond acceptors (Lipinski definition) is 7. The Bertz CT molecular complexity index is 1750. The van der Waals surface area contributed by atoms with E-state index in [1.54, 1.807) is 0 Å². The van der Waals surface area contributed by atoms with Crippen LogP contribution in [0.1, 0.15) is 44.6 Å². The molecule has 0 bridgehead atoms. The van der Waals surface area contributed by atoms with Gasteiger partial charge in [-0.15, -0.1) is 13.2 Å². The van der Waals surface area contributed by atoms with E-state index in [2.05, 4.69) is 14.7 Å². The van der Waals surface area contributed by atoms with Gasteiger partial charge in [-0.2, -0.15) is 96.6 Å². The van der Waals surface area contributed by atoms with Crippen molar-refractivity contribution in [2.45, 2.75) is 118 Å². The lowest BCUT2D eigenvalue weighted by molar-refractivity contribution is -0.610. The highest BCUT2D eigenvalue weighted by molar-refractivity contribution is 5.55. The van der Waals surface area contributed by atoms with E-state index in [0.717, 1.165) is 44.2 Å². The van der Waals surface area contributed by atoms with E-state index in [1.807, 2.05) is 6.92 Å². The number of aryl methyl sites for hydroxylation is 1. The van der Waals surface area contributed by atoms with Crippen molar-refractivity contribution in [2.75, 3.05) is 6.61 Å². The Morgan fingerprint density at radius 3 is 1.39 bits per heavy atom. The first-order valence-electron chi connectivity index (χ1n) is 16.1. The SMILES string of the molecule is CCCCCCCc1cnc(-c2ccc(OCC(F)(F)C(F)(F)C(F)(F)C(F)(F)C(F)(F)OC(F)(F)C(F)(F)OC(F)(F)C(F)(OC(F)(F)F)OC(F)(F)C(F)(F)F)cc2)nc1. The van der Waals surface area contributed by atoms with Crippen LogP contribution < -0.4 is 4.74 Å². The van der Waals surface area contributed by atoms with Gasteiger partial charge in [0, 0.05) is 18.0 Å². The average Bonchev–Trinajstić information content (AvgIpc) is 3.08. The molecule has 0 radical (unpaired) electrons. The molecular weight excluding hydrogens is 943 g/mol. The fraction of sp³-hybridized carbons (Fsp3) is 0.667. The van der Waals surface area contributed by atoms with Crippen molar-refractivity contribution in [3.8, 4) is 17.1 Å². The Hall–Kier alpha value is -3.81. The van der Waals surface area contributed by atoms with Gasteiger partial charge >= 0.3 is 72.8 Å². The van der Waals surface area contributed by atoms with Gasteiger partial charge in [0.25, 0.3) is 0 Å². The molecule has 2 rings (SSSR count). The van der Waals surface area contributed by atoms with Gasteiger partial charge in [-0.3, -0.25) is 0 Å². The van der Waals surface area contributed by atoms with Crippen LogP contribution in [0.2, 0.25) is 0 Å². The molecule has 1 atom stereocenters. The van der Waals surface area contributed by atoms with E-state index in [9.17, 15) is 110 Å². The van der Waals surface area contributed by atoms with Gasteiger partial charge in [-0.05, 0) is 42.7 Å². The number of rotatable bonds is 23. The number of ether oxygens (including phenoxy) is 5. The first-order chi connectivity index (χ1) is 27.6. The zero-order chi connectivity index (χ0) is 48.5. The Balaban J connectivity index is 2.30. The molecule has 0 saturated carbocycles. The number of aromatic nitrogens is 2. The molecule has 0 fully saturated rings. The van der Waals surface area contributed by atoms with Gasteiger partial charge in [-0.25, -0.2) is 28.9 Å². The summed E-state index contributed by atoms with van der Waals surface area (Å²) in [6.45, 7) is -1.18. The molecule has 2 aromatic rings. The summed E-state index contributed by atoms with van der Waals surface area (Å²) in [6.07, 6.45) is -48.3. The first kappa shape index (κ1) is 54.3. The van der Waals surface area contributed by atoms with E-state index < -0.39 is 85.2 Å². The summed E-state index contributed by atoms with van der Waals surface area (Å²) in [7, 11) is 0. The molecule has 0 spiro atoms. The van der Waals surface area contributed by atoms with Crippen LogP contribution in [0.5, 0.6) is 5.75 Å². The van der Waals surface area contributed by atoms with Gasteiger partial charge in [0.15, 0.2) is 12.4 Å². The highest BCUT2D eigenvalue weighted by atomic mass is 19.4. The maximum absolute atomic E-state index is 14.3. The second-order valence-corrected chi connectivity index (χ2v) is 12.3. The number of unbranched alkanes of at least 4 members (excludes halogenated alkanes) is 4. The molecule has 0 aliphatic heterocycles. The quantitative estimate of drug-likeness (QED) is 0.0624. The van der Waals surface area contributed by atoms with Gasteiger partial charge in [0.2, 0.25) is 0 Å². The Morgan fingerprint density at radius 2 is 0.935 bits per heavy atom. The molecular formula is C30H23F25N2O5. The number of halogens is 25. The maximum atomic E-state index is 14.3. The van der Waals surface area contributed by atoms with Crippen LogP contribution >= 0.6 is 0 Å². The Morgan fingerprint density at radius 1 is 0.468 bits per heavy atom. The highest BCUT2D eigenvalue weighted by Gasteiger charge is 2.89. The summed E-state index contributed by atoms with van der Waals surface area (Å²) in [6, 6.07) is -4.85. The Kier molecular flexibility index (Phi) is 15.8. The van der Waals surface area contributed by atoms with Crippen LogP contribution in [0, 0.1) is 0 Å². The average molecular weight is 966 g/mol. The van der Waals surface area contributed by atoms with Crippen LogP contribution in [0.3, 0.4) is 0 Å². The molecule has 32 heteroatoms. The highest BCUT2D eigenvalue weighted by Crippen LogP contribution is 2.59. The van der Waals surface area contributed by atoms with E-state index in [4.69, 9.17) is 0 Å². The van der Waals surface area contributed by atoms with Crippen molar-refractivity contribution in [1.82, 2.24) is 9.97 Å². The summed E-state index contributed by atoms with van der Waals surface area (Å²) in [4.78, 5) is 8.05. The molecule has 1 aromatic carbocycles. The molecule has 1 heterocycles. The van der Waals surface area contributed by atoms with Crippen molar-refractivity contribution >= 4 is 0 Å². The second-order valence-electron chi connectivity index (χ2n) is 12.3. The molecule has 0 aliphatic carbocycles.